The van der Waals surface area contributed by atoms with Gasteiger partial charge in [-0.3, -0.25) is 0 Å². The van der Waals surface area contributed by atoms with Crippen LogP contribution in [0.15, 0.2) is 0 Å². The largest absolute Gasteiger partial charge is 0.464 e. The van der Waals surface area contributed by atoms with Crippen molar-refractivity contribution in [2.75, 3.05) is 34.5 Å². The molecule has 19 heavy (non-hydrogen) atoms. The number of hydrogen-bond donors (Lipinski definition) is 1. The summed E-state index contributed by atoms with van der Waals surface area (Å²) in [6.07, 6.45) is -0.272. The first kappa shape index (κ1) is 15.5. The zero-order chi connectivity index (χ0) is 14.3. The number of nitrogens with zero attached hydrogens (tertiary/aromatic N) is 3. The van der Waals surface area contributed by atoms with Crippen LogP contribution in [0.5, 0.6) is 0 Å². The van der Waals surface area contributed by atoms with Gasteiger partial charge in [0.1, 0.15) is 0 Å². The quantitative estimate of drug-likeness (QED) is 0.623. The second-order valence-corrected chi connectivity index (χ2v) is 3.91. The molecule has 0 aliphatic carbocycles. The Balaban J connectivity index is 2.90. The van der Waals surface area contributed by atoms with Gasteiger partial charge in [-0.1, -0.05) is 5.21 Å². The van der Waals surface area contributed by atoms with Crippen molar-refractivity contribution in [1.29, 1.82) is 0 Å². The van der Waals surface area contributed by atoms with Gasteiger partial charge in [-0.25, -0.2) is 9.48 Å². The molecule has 1 rings (SSSR count). The van der Waals surface area contributed by atoms with Crippen molar-refractivity contribution in [3.63, 3.8) is 0 Å². The van der Waals surface area contributed by atoms with Crippen molar-refractivity contribution in [2.45, 2.75) is 19.1 Å². The van der Waals surface area contributed by atoms with Crippen LogP contribution in [0.4, 0.5) is 0 Å². The van der Waals surface area contributed by atoms with Crippen molar-refractivity contribution >= 4 is 5.97 Å². The number of aliphatic hydroxyl groups is 1. The molecule has 1 N–H and O–H groups in total. The molecular formula is C11H19N3O5. The highest BCUT2D eigenvalue weighted by Gasteiger charge is 2.21. The lowest BCUT2D eigenvalue weighted by molar-refractivity contribution is 0.0500. The Kier molecular flexibility index (Phi) is 6.40. The van der Waals surface area contributed by atoms with Crippen molar-refractivity contribution < 1.29 is 24.1 Å². The third kappa shape index (κ3) is 4.27. The summed E-state index contributed by atoms with van der Waals surface area (Å²) < 4.78 is 15.9. The molecule has 1 aromatic heterocycles. The molecule has 0 bridgehead atoms. The molecule has 0 fully saturated rings. The van der Waals surface area contributed by atoms with Crippen molar-refractivity contribution in [3.05, 3.63) is 11.4 Å². The SMILES string of the molecule is COCCc1c(C(=O)OC)nnn1CC(O)COC. The van der Waals surface area contributed by atoms with Crippen LogP contribution in [-0.4, -0.2) is 66.7 Å². The average Bonchev–Trinajstić information content (AvgIpc) is 2.78. The molecule has 0 spiro atoms. The predicted molar refractivity (Wildman–Crippen MR) is 64.8 cm³/mol. The highest BCUT2D eigenvalue weighted by Crippen LogP contribution is 2.09. The molecule has 8 nitrogen and oxygen atoms in total. The van der Waals surface area contributed by atoms with Crippen LogP contribution in [0.3, 0.4) is 0 Å². The molecular weight excluding hydrogens is 254 g/mol. The predicted octanol–water partition coefficient (Wildman–Crippen LogP) is -0.739. The average molecular weight is 273 g/mol. The van der Waals surface area contributed by atoms with Gasteiger partial charge in [-0.05, 0) is 0 Å². The van der Waals surface area contributed by atoms with E-state index in [4.69, 9.17) is 9.47 Å². The Morgan fingerprint density at radius 2 is 2.11 bits per heavy atom. The van der Waals surface area contributed by atoms with Gasteiger partial charge in [-0.15, -0.1) is 5.10 Å². The molecule has 1 aromatic rings. The number of ether oxygens (including phenoxy) is 3. The lowest BCUT2D eigenvalue weighted by Gasteiger charge is -2.11. The van der Waals surface area contributed by atoms with Gasteiger partial charge >= 0.3 is 5.97 Å². The zero-order valence-corrected chi connectivity index (χ0v) is 11.3. The van der Waals surface area contributed by atoms with E-state index in [1.165, 1.54) is 18.9 Å². The van der Waals surface area contributed by atoms with Gasteiger partial charge in [0.25, 0.3) is 0 Å². The number of esters is 1. The highest BCUT2D eigenvalue weighted by atomic mass is 16.5. The summed E-state index contributed by atoms with van der Waals surface area (Å²) in [5.74, 6) is -0.557. The molecule has 1 unspecified atom stereocenters. The third-order valence-electron chi connectivity index (χ3n) is 2.50. The van der Waals surface area contributed by atoms with E-state index in [0.717, 1.165) is 0 Å². The number of carbonyl (C=O) groups excluding carboxylic acids is 1. The van der Waals surface area contributed by atoms with E-state index in [-0.39, 0.29) is 18.8 Å². The second-order valence-electron chi connectivity index (χ2n) is 3.91. The summed E-state index contributed by atoms with van der Waals surface area (Å²) in [7, 11) is 4.34. The summed E-state index contributed by atoms with van der Waals surface area (Å²) in [4.78, 5) is 11.6. The molecule has 0 saturated heterocycles. The minimum Gasteiger partial charge on any atom is -0.464 e. The number of aromatic nitrogens is 3. The van der Waals surface area contributed by atoms with E-state index in [2.05, 4.69) is 15.0 Å². The summed E-state index contributed by atoms with van der Waals surface area (Å²) >= 11 is 0. The number of aliphatic hydroxyl groups excluding tert-OH is 1. The van der Waals surface area contributed by atoms with Crippen molar-refractivity contribution in [1.82, 2.24) is 15.0 Å². The molecule has 0 aromatic carbocycles. The van der Waals surface area contributed by atoms with Crippen LogP contribution in [0.2, 0.25) is 0 Å². The van der Waals surface area contributed by atoms with Crippen LogP contribution in [0, 0.1) is 0 Å². The summed E-state index contributed by atoms with van der Waals surface area (Å²) in [6, 6.07) is 0. The first-order valence-electron chi connectivity index (χ1n) is 5.80. The third-order valence-corrected chi connectivity index (χ3v) is 2.50. The number of hydrogen-bond acceptors (Lipinski definition) is 7. The maximum atomic E-state index is 11.6. The second kappa shape index (κ2) is 7.82. The Hall–Kier alpha value is -1.51. The Morgan fingerprint density at radius 1 is 1.37 bits per heavy atom. The van der Waals surface area contributed by atoms with Crippen LogP contribution in [0.1, 0.15) is 16.2 Å². The van der Waals surface area contributed by atoms with Crippen molar-refractivity contribution in [3.8, 4) is 0 Å². The smallest absolute Gasteiger partial charge is 0.360 e. The maximum Gasteiger partial charge on any atom is 0.360 e. The van der Waals surface area contributed by atoms with E-state index < -0.39 is 12.1 Å². The summed E-state index contributed by atoms with van der Waals surface area (Å²) in [6.45, 7) is 0.783. The highest BCUT2D eigenvalue weighted by molar-refractivity contribution is 5.88. The maximum absolute atomic E-state index is 11.6. The number of rotatable bonds is 8. The normalized spacial score (nSPS) is 12.4. The fraction of sp³-hybridized carbons (Fsp3) is 0.727. The molecule has 8 heteroatoms. The Labute approximate surface area is 111 Å². The van der Waals surface area contributed by atoms with Crippen LogP contribution < -0.4 is 0 Å². The molecule has 0 saturated carbocycles. The topological polar surface area (TPSA) is 95.7 Å². The first-order valence-corrected chi connectivity index (χ1v) is 5.80. The summed E-state index contributed by atoms with van der Waals surface area (Å²) in [5, 5.41) is 17.3. The monoisotopic (exact) mass is 273 g/mol. The minimum absolute atomic E-state index is 0.143. The van der Waals surface area contributed by atoms with E-state index in [1.807, 2.05) is 0 Å². The molecule has 0 aliphatic rings. The molecule has 0 amide bonds. The van der Waals surface area contributed by atoms with Gasteiger partial charge in [0.05, 0.1) is 38.7 Å². The van der Waals surface area contributed by atoms with E-state index in [9.17, 15) is 9.90 Å². The van der Waals surface area contributed by atoms with E-state index >= 15 is 0 Å². The minimum atomic E-state index is -0.724. The Bertz CT molecular complexity index is 407. The van der Waals surface area contributed by atoms with Gasteiger partial charge in [0.15, 0.2) is 5.69 Å². The van der Waals surface area contributed by atoms with Crippen LogP contribution >= 0.6 is 0 Å². The number of carbonyl (C=O) groups is 1. The summed E-state index contributed by atoms with van der Waals surface area (Å²) in [5.41, 5.74) is 0.716. The molecule has 0 radical (unpaired) electrons. The van der Waals surface area contributed by atoms with E-state index in [1.54, 1.807) is 7.11 Å². The molecule has 108 valence electrons. The molecule has 1 heterocycles. The fourth-order valence-electron chi connectivity index (χ4n) is 1.63. The first-order chi connectivity index (χ1) is 9.13. The zero-order valence-electron chi connectivity index (χ0n) is 11.3. The van der Waals surface area contributed by atoms with Gasteiger partial charge in [0.2, 0.25) is 0 Å². The van der Waals surface area contributed by atoms with Gasteiger partial charge < -0.3 is 19.3 Å². The van der Waals surface area contributed by atoms with Crippen LogP contribution in [-0.2, 0) is 27.2 Å². The van der Waals surface area contributed by atoms with Gasteiger partial charge in [0, 0.05) is 20.6 Å². The van der Waals surface area contributed by atoms with Crippen LogP contribution in [0.25, 0.3) is 0 Å². The lowest BCUT2D eigenvalue weighted by Crippen LogP contribution is -2.24. The number of methoxy groups -OCH3 is 3. The van der Waals surface area contributed by atoms with Gasteiger partial charge in [-0.2, -0.15) is 0 Å². The fourth-order valence-corrected chi connectivity index (χ4v) is 1.63. The van der Waals surface area contributed by atoms with Crippen molar-refractivity contribution in [2.24, 2.45) is 0 Å². The Morgan fingerprint density at radius 3 is 2.68 bits per heavy atom. The standard InChI is InChI=1S/C11H19N3O5/c1-17-5-4-9-10(11(16)19-3)12-13-14(9)6-8(15)7-18-2/h8,15H,4-7H2,1-3H3. The molecule has 1 atom stereocenters. The van der Waals surface area contributed by atoms with E-state index in [0.29, 0.717) is 18.7 Å². The molecule has 0 aliphatic heterocycles. The lowest BCUT2D eigenvalue weighted by atomic mass is 10.2.